The van der Waals surface area contributed by atoms with Gasteiger partial charge in [0.25, 0.3) is 0 Å². The minimum absolute atomic E-state index is 0.0186. The second-order valence-corrected chi connectivity index (χ2v) is 7.95. The van der Waals surface area contributed by atoms with Crippen LogP contribution in [0.25, 0.3) is 0 Å². The van der Waals surface area contributed by atoms with E-state index < -0.39 is 22.6 Å². The van der Waals surface area contributed by atoms with Crippen LogP contribution in [0.2, 0.25) is 0 Å². The van der Waals surface area contributed by atoms with Crippen LogP contribution in [0.4, 0.5) is 5.69 Å². The smallest absolute Gasteiger partial charge is 0.377 e. The maximum absolute atomic E-state index is 12.3. The van der Waals surface area contributed by atoms with Gasteiger partial charge < -0.3 is 14.2 Å². The lowest BCUT2D eigenvalue weighted by Crippen LogP contribution is -2.30. The summed E-state index contributed by atoms with van der Waals surface area (Å²) in [5.41, 5.74) is 1.74. The number of hydrogen-bond donors (Lipinski definition) is 0. The molecule has 0 N–H and O–H groups in total. The molecule has 140 valence electrons. The van der Waals surface area contributed by atoms with Crippen molar-refractivity contribution in [3.8, 4) is 0 Å². The molecule has 0 saturated carbocycles. The summed E-state index contributed by atoms with van der Waals surface area (Å²) < 4.78 is 40.5. The minimum atomic E-state index is -3.33. The quantitative estimate of drug-likeness (QED) is 0.536. The summed E-state index contributed by atoms with van der Waals surface area (Å²) in [7, 11) is -3.33. The van der Waals surface area contributed by atoms with Crippen molar-refractivity contribution in [2.75, 3.05) is 36.4 Å². The first-order chi connectivity index (χ1) is 12.4. The predicted octanol–water partition coefficient (Wildman–Crippen LogP) is 1.01. The fourth-order valence-corrected chi connectivity index (χ4v) is 3.91. The van der Waals surface area contributed by atoms with Crippen molar-refractivity contribution in [3.05, 3.63) is 41.3 Å². The van der Waals surface area contributed by atoms with Gasteiger partial charge >= 0.3 is 5.97 Å². The standard InChI is InChI=1S/C17H19NO7S/c1-2-26(21,22)18-6-5-12-9-13(3-4-14(12)18)15(19)10-25-17(20)16-11-23-7-8-24-16/h3-4,9,11H,2,5-8,10H2,1H3. The SMILES string of the molecule is CCS(=O)(=O)N1CCc2cc(C(=O)COC(=O)C3=COCCO3)ccc21. The van der Waals surface area contributed by atoms with E-state index in [1.807, 2.05) is 0 Å². The second kappa shape index (κ2) is 7.36. The summed E-state index contributed by atoms with van der Waals surface area (Å²) in [4.78, 5) is 24.1. The molecule has 2 heterocycles. The van der Waals surface area contributed by atoms with Crippen LogP contribution in [0, 0.1) is 0 Å². The van der Waals surface area contributed by atoms with Gasteiger partial charge in [0.05, 0.1) is 11.4 Å². The molecule has 3 rings (SSSR count). The number of rotatable bonds is 6. The molecule has 0 atom stereocenters. The van der Waals surface area contributed by atoms with Gasteiger partial charge in [-0.05, 0) is 37.1 Å². The van der Waals surface area contributed by atoms with Gasteiger partial charge in [0.15, 0.2) is 12.4 Å². The molecule has 0 aromatic heterocycles. The number of nitrogens with zero attached hydrogens (tertiary/aromatic N) is 1. The normalized spacial score (nSPS) is 16.2. The third kappa shape index (κ3) is 3.67. The average Bonchev–Trinajstić information content (AvgIpc) is 3.10. The van der Waals surface area contributed by atoms with Gasteiger partial charge in [-0.2, -0.15) is 0 Å². The number of sulfonamides is 1. The van der Waals surface area contributed by atoms with Crippen LogP contribution in [0.5, 0.6) is 0 Å². The van der Waals surface area contributed by atoms with Gasteiger partial charge in [-0.25, -0.2) is 13.2 Å². The first-order valence-electron chi connectivity index (χ1n) is 8.20. The molecular weight excluding hydrogens is 362 g/mol. The summed E-state index contributed by atoms with van der Waals surface area (Å²) in [6.07, 6.45) is 1.70. The highest BCUT2D eigenvalue weighted by Crippen LogP contribution is 2.31. The maximum atomic E-state index is 12.3. The molecule has 8 nitrogen and oxygen atoms in total. The average molecular weight is 381 g/mol. The zero-order valence-corrected chi connectivity index (χ0v) is 15.1. The van der Waals surface area contributed by atoms with E-state index in [4.69, 9.17) is 14.2 Å². The van der Waals surface area contributed by atoms with Crippen molar-refractivity contribution in [2.24, 2.45) is 0 Å². The Morgan fingerprint density at radius 2 is 2.08 bits per heavy atom. The predicted molar refractivity (Wildman–Crippen MR) is 92.2 cm³/mol. The molecule has 0 amide bonds. The summed E-state index contributed by atoms with van der Waals surface area (Å²) >= 11 is 0. The van der Waals surface area contributed by atoms with Gasteiger partial charge in [0.1, 0.15) is 19.5 Å². The van der Waals surface area contributed by atoms with E-state index in [2.05, 4.69) is 0 Å². The molecule has 0 radical (unpaired) electrons. The first-order valence-corrected chi connectivity index (χ1v) is 9.81. The Labute approximate surface area is 151 Å². The third-order valence-electron chi connectivity index (χ3n) is 4.14. The lowest BCUT2D eigenvalue weighted by Gasteiger charge is -2.18. The van der Waals surface area contributed by atoms with Crippen molar-refractivity contribution >= 4 is 27.5 Å². The van der Waals surface area contributed by atoms with Gasteiger partial charge in [-0.3, -0.25) is 9.10 Å². The van der Waals surface area contributed by atoms with E-state index in [1.54, 1.807) is 19.1 Å². The molecule has 9 heteroatoms. The molecule has 2 aliphatic rings. The number of esters is 1. The lowest BCUT2D eigenvalue weighted by molar-refractivity contribution is -0.143. The molecule has 2 aliphatic heterocycles. The highest BCUT2D eigenvalue weighted by atomic mass is 32.2. The third-order valence-corrected chi connectivity index (χ3v) is 5.92. The van der Waals surface area contributed by atoms with E-state index in [-0.39, 0.29) is 23.9 Å². The van der Waals surface area contributed by atoms with Gasteiger partial charge in [0, 0.05) is 12.1 Å². The number of benzene rings is 1. The van der Waals surface area contributed by atoms with E-state index in [0.717, 1.165) is 11.8 Å². The molecular formula is C17H19NO7S. The number of carbonyl (C=O) groups excluding carboxylic acids is 2. The number of carbonyl (C=O) groups is 2. The van der Waals surface area contributed by atoms with Crippen LogP contribution in [-0.2, 0) is 35.4 Å². The number of anilines is 1. The van der Waals surface area contributed by atoms with Crippen LogP contribution >= 0.6 is 0 Å². The molecule has 1 aromatic rings. The zero-order valence-electron chi connectivity index (χ0n) is 14.3. The molecule has 1 aromatic carbocycles. The topological polar surface area (TPSA) is 99.2 Å². The van der Waals surface area contributed by atoms with Crippen LogP contribution in [0.15, 0.2) is 30.2 Å². The maximum Gasteiger partial charge on any atom is 0.377 e. The monoisotopic (exact) mass is 381 g/mol. The second-order valence-electron chi connectivity index (χ2n) is 5.77. The van der Waals surface area contributed by atoms with Crippen LogP contribution in [0.3, 0.4) is 0 Å². The highest BCUT2D eigenvalue weighted by Gasteiger charge is 2.28. The first kappa shape index (κ1) is 18.2. The number of Topliss-reactive ketones (excluding diaryl/α,β-unsaturated/α-hetero) is 1. The number of ketones is 1. The minimum Gasteiger partial charge on any atom is -0.493 e. The molecule has 0 unspecified atom stereocenters. The number of hydrogen-bond acceptors (Lipinski definition) is 7. The highest BCUT2D eigenvalue weighted by molar-refractivity contribution is 7.92. The Kier molecular flexibility index (Phi) is 5.17. The van der Waals surface area contributed by atoms with E-state index in [1.165, 1.54) is 10.4 Å². The largest absolute Gasteiger partial charge is 0.493 e. The van der Waals surface area contributed by atoms with Crippen LogP contribution < -0.4 is 4.31 Å². The van der Waals surface area contributed by atoms with Crippen molar-refractivity contribution in [1.82, 2.24) is 0 Å². The van der Waals surface area contributed by atoms with Crippen LogP contribution in [0.1, 0.15) is 22.8 Å². The Morgan fingerprint density at radius 1 is 1.27 bits per heavy atom. The molecule has 0 aliphatic carbocycles. The molecule has 0 bridgehead atoms. The van der Waals surface area contributed by atoms with E-state index >= 15 is 0 Å². The fourth-order valence-electron chi connectivity index (χ4n) is 2.75. The van der Waals surface area contributed by atoms with Gasteiger partial charge in [0.2, 0.25) is 15.8 Å². The summed E-state index contributed by atoms with van der Waals surface area (Å²) in [5, 5.41) is 0. The summed E-state index contributed by atoms with van der Waals surface area (Å²) in [6, 6.07) is 4.80. The zero-order chi connectivity index (χ0) is 18.7. The Balaban J connectivity index is 1.66. The molecule has 0 fully saturated rings. The van der Waals surface area contributed by atoms with E-state index in [0.29, 0.717) is 30.8 Å². The number of ether oxygens (including phenoxy) is 3. The Morgan fingerprint density at radius 3 is 2.77 bits per heavy atom. The summed E-state index contributed by atoms with van der Waals surface area (Å²) in [5.74, 6) is -1.20. The lowest BCUT2D eigenvalue weighted by atomic mass is 10.1. The van der Waals surface area contributed by atoms with Gasteiger partial charge in [-0.1, -0.05) is 0 Å². The van der Waals surface area contributed by atoms with Crippen molar-refractivity contribution in [2.45, 2.75) is 13.3 Å². The van der Waals surface area contributed by atoms with Crippen molar-refractivity contribution in [3.63, 3.8) is 0 Å². The van der Waals surface area contributed by atoms with E-state index in [9.17, 15) is 18.0 Å². The van der Waals surface area contributed by atoms with Crippen LogP contribution in [-0.4, -0.2) is 52.3 Å². The molecule has 0 saturated heterocycles. The Hall–Kier alpha value is -2.55. The van der Waals surface area contributed by atoms with Gasteiger partial charge in [-0.15, -0.1) is 0 Å². The summed E-state index contributed by atoms with van der Waals surface area (Å²) in [6.45, 7) is 2.13. The Bertz CT molecular complexity index is 860. The fraction of sp³-hybridized carbons (Fsp3) is 0.412. The van der Waals surface area contributed by atoms with Crippen molar-refractivity contribution in [1.29, 1.82) is 0 Å². The molecule has 0 spiro atoms. The van der Waals surface area contributed by atoms with Crippen molar-refractivity contribution < 1.29 is 32.2 Å². The molecule has 26 heavy (non-hydrogen) atoms. The number of fused-ring (bicyclic) bond motifs is 1.